The molecule has 1 aromatic carbocycles. The molecule has 1 aliphatic heterocycles. The van der Waals surface area contributed by atoms with Gasteiger partial charge < -0.3 is 10.1 Å². The van der Waals surface area contributed by atoms with Gasteiger partial charge in [-0.2, -0.15) is 0 Å². The van der Waals surface area contributed by atoms with Crippen molar-refractivity contribution in [2.75, 3.05) is 13.1 Å². The van der Waals surface area contributed by atoms with E-state index in [1.54, 1.807) is 4.90 Å². The zero-order valence-electron chi connectivity index (χ0n) is 14.9. The zero-order chi connectivity index (χ0) is 17.6. The van der Waals surface area contributed by atoms with Crippen molar-refractivity contribution >= 4 is 12.0 Å². The van der Waals surface area contributed by atoms with Crippen molar-refractivity contribution in [2.45, 2.75) is 58.1 Å². The van der Waals surface area contributed by atoms with Gasteiger partial charge in [-0.15, -0.1) is 0 Å². The van der Waals surface area contributed by atoms with E-state index in [1.165, 1.54) is 0 Å². The Bertz CT molecular complexity index is 551. The first-order valence-corrected chi connectivity index (χ1v) is 8.68. The molecular formula is C19H28N2O3. The minimum atomic E-state index is -0.580. The van der Waals surface area contributed by atoms with Crippen LogP contribution >= 0.6 is 0 Å². The van der Waals surface area contributed by atoms with Crippen molar-refractivity contribution in [1.82, 2.24) is 10.2 Å². The van der Waals surface area contributed by atoms with Crippen molar-refractivity contribution in [1.29, 1.82) is 0 Å². The highest BCUT2D eigenvalue weighted by Gasteiger charge is 2.33. The molecule has 2 amide bonds. The second-order valence-corrected chi connectivity index (χ2v) is 7.21. The molecule has 1 N–H and O–H groups in total. The largest absolute Gasteiger partial charge is 0.444 e. The third-order valence-electron chi connectivity index (χ3n) is 3.99. The van der Waals surface area contributed by atoms with E-state index in [2.05, 4.69) is 5.32 Å². The molecule has 5 nitrogen and oxygen atoms in total. The SMILES string of the molecule is CC(C)(C)OC(=O)N(CCc1ccccc1)[C@H]1CCCCNC1=O. The lowest BCUT2D eigenvalue weighted by Gasteiger charge is -2.32. The molecule has 0 radical (unpaired) electrons. The summed E-state index contributed by atoms with van der Waals surface area (Å²) in [7, 11) is 0. The van der Waals surface area contributed by atoms with Gasteiger partial charge in [-0.25, -0.2) is 4.79 Å². The standard InChI is InChI=1S/C19H28N2O3/c1-19(2,3)24-18(23)21(14-12-15-9-5-4-6-10-15)16-11-7-8-13-20-17(16)22/h4-6,9-10,16H,7-8,11-14H2,1-3H3,(H,20,22)/t16-/m0/s1. The number of hydrogen-bond donors (Lipinski definition) is 1. The molecule has 24 heavy (non-hydrogen) atoms. The molecule has 1 atom stereocenters. The summed E-state index contributed by atoms with van der Waals surface area (Å²) in [5.74, 6) is -0.0774. The quantitative estimate of drug-likeness (QED) is 0.921. The van der Waals surface area contributed by atoms with Crippen LogP contribution in [0, 0.1) is 0 Å². The van der Waals surface area contributed by atoms with Crippen molar-refractivity contribution in [3.8, 4) is 0 Å². The fraction of sp³-hybridized carbons (Fsp3) is 0.579. The van der Waals surface area contributed by atoms with Crippen LogP contribution in [0.1, 0.15) is 45.6 Å². The van der Waals surface area contributed by atoms with E-state index in [4.69, 9.17) is 4.74 Å². The van der Waals surface area contributed by atoms with Crippen LogP contribution in [-0.2, 0) is 16.0 Å². The molecule has 1 aromatic rings. The predicted molar refractivity (Wildman–Crippen MR) is 93.7 cm³/mol. The van der Waals surface area contributed by atoms with E-state index < -0.39 is 17.7 Å². The summed E-state index contributed by atoms with van der Waals surface area (Å²) in [6.07, 6.45) is 2.83. The molecule has 0 aliphatic carbocycles. The van der Waals surface area contributed by atoms with E-state index in [0.717, 1.165) is 18.4 Å². The van der Waals surface area contributed by atoms with Crippen LogP contribution in [0.2, 0.25) is 0 Å². The molecule has 0 bridgehead atoms. The van der Waals surface area contributed by atoms with E-state index in [0.29, 0.717) is 25.9 Å². The summed E-state index contributed by atoms with van der Waals surface area (Å²) in [6, 6.07) is 9.53. The number of ether oxygens (including phenoxy) is 1. The number of nitrogens with zero attached hydrogens (tertiary/aromatic N) is 1. The molecule has 5 heteroatoms. The highest BCUT2D eigenvalue weighted by Crippen LogP contribution is 2.18. The Hall–Kier alpha value is -2.04. The summed E-state index contributed by atoms with van der Waals surface area (Å²) < 4.78 is 5.54. The van der Waals surface area contributed by atoms with Crippen LogP contribution in [0.3, 0.4) is 0 Å². The topological polar surface area (TPSA) is 58.6 Å². The first kappa shape index (κ1) is 18.3. The lowest BCUT2D eigenvalue weighted by molar-refractivity contribution is -0.126. The number of nitrogens with one attached hydrogen (secondary N) is 1. The molecule has 2 rings (SSSR count). The van der Waals surface area contributed by atoms with E-state index in [1.807, 2.05) is 51.1 Å². The molecular weight excluding hydrogens is 304 g/mol. The average Bonchev–Trinajstić information content (AvgIpc) is 2.72. The molecule has 1 heterocycles. The minimum absolute atomic E-state index is 0.0774. The van der Waals surface area contributed by atoms with Crippen molar-refractivity contribution < 1.29 is 14.3 Å². The third kappa shape index (κ3) is 5.55. The van der Waals surface area contributed by atoms with Gasteiger partial charge in [-0.05, 0) is 52.0 Å². The third-order valence-corrected chi connectivity index (χ3v) is 3.99. The molecule has 0 spiro atoms. The Labute approximate surface area is 144 Å². The van der Waals surface area contributed by atoms with Crippen molar-refractivity contribution in [3.63, 3.8) is 0 Å². The number of hydrogen-bond acceptors (Lipinski definition) is 3. The summed E-state index contributed by atoms with van der Waals surface area (Å²) >= 11 is 0. The first-order valence-electron chi connectivity index (χ1n) is 8.68. The summed E-state index contributed by atoms with van der Waals surface area (Å²) in [4.78, 5) is 26.6. The Balaban J connectivity index is 2.13. The number of amides is 2. The highest BCUT2D eigenvalue weighted by molar-refractivity contribution is 5.85. The lowest BCUT2D eigenvalue weighted by Crippen LogP contribution is -2.50. The summed E-state index contributed by atoms with van der Waals surface area (Å²) in [5, 5.41) is 2.90. The number of benzene rings is 1. The maximum atomic E-state index is 12.7. The van der Waals surface area contributed by atoms with Crippen LogP contribution in [0.15, 0.2) is 30.3 Å². The average molecular weight is 332 g/mol. The molecule has 1 saturated heterocycles. The Kier molecular flexibility index (Phi) is 6.23. The maximum Gasteiger partial charge on any atom is 0.410 e. The molecule has 0 unspecified atom stereocenters. The minimum Gasteiger partial charge on any atom is -0.444 e. The predicted octanol–water partition coefficient (Wildman–Crippen LogP) is 3.13. The van der Waals surface area contributed by atoms with Gasteiger partial charge in [-0.1, -0.05) is 30.3 Å². The van der Waals surface area contributed by atoms with E-state index in [-0.39, 0.29) is 5.91 Å². The van der Waals surface area contributed by atoms with Gasteiger partial charge in [0.1, 0.15) is 11.6 Å². The zero-order valence-corrected chi connectivity index (χ0v) is 14.9. The second-order valence-electron chi connectivity index (χ2n) is 7.21. The first-order chi connectivity index (χ1) is 11.4. The monoisotopic (exact) mass is 332 g/mol. The number of rotatable bonds is 4. The van der Waals surface area contributed by atoms with Gasteiger partial charge in [0.25, 0.3) is 0 Å². The molecule has 1 fully saturated rings. The van der Waals surface area contributed by atoms with Crippen molar-refractivity contribution in [2.24, 2.45) is 0 Å². The van der Waals surface area contributed by atoms with Gasteiger partial charge in [0.05, 0.1) is 0 Å². The van der Waals surface area contributed by atoms with E-state index >= 15 is 0 Å². The van der Waals surface area contributed by atoms with Gasteiger partial charge in [0.15, 0.2) is 0 Å². The Morgan fingerprint density at radius 3 is 2.62 bits per heavy atom. The summed E-state index contributed by atoms with van der Waals surface area (Å²) in [6.45, 7) is 6.67. The molecule has 0 aromatic heterocycles. The van der Waals surface area contributed by atoms with Crippen LogP contribution in [0.4, 0.5) is 4.79 Å². The van der Waals surface area contributed by atoms with Gasteiger partial charge in [0.2, 0.25) is 5.91 Å². The van der Waals surface area contributed by atoms with Crippen LogP contribution in [0.5, 0.6) is 0 Å². The van der Waals surface area contributed by atoms with Crippen LogP contribution in [-0.4, -0.2) is 41.6 Å². The van der Waals surface area contributed by atoms with Gasteiger partial charge >= 0.3 is 6.09 Å². The smallest absolute Gasteiger partial charge is 0.410 e. The fourth-order valence-corrected chi connectivity index (χ4v) is 2.81. The molecule has 1 aliphatic rings. The maximum absolute atomic E-state index is 12.7. The van der Waals surface area contributed by atoms with Gasteiger partial charge in [0, 0.05) is 13.1 Å². The van der Waals surface area contributed by atoms with Crippen molar-refractivity contribution in [3.05, 3.63) is 35.9 Å². The van der Waals surface area contributed by atoms with Crippen LogP contribution in [0.25, 0.3) is 0 Å². The normalized spacial score (nSPS) is 18.5. The second kappa shape index (κ2) is 8.18. The highest BCUT2D eigenvalue weighted by atomic mass is 16.6. The number of carbonyl (C=O) groups is 2. The Morgan fingerprint density at radius 2 is 1.96 bits per heavy atom. The molecule has 132 valence electrons. The molecule has 0 saturated carbocycles. The summed E-state index contributed by atoms with van der Waals surface area (Å²) in [5.41, 5.74) is 0.559. The number of carbonyl (C=O) groups excluding carboxylic acids is 2. The lowest BCUT2D eigenvalue weighted by atomic mass is 10.1. The van der Waals surface area contributed by atoms with Crippen LogP contribution < -0.4 is 5.32 Å². The van der Waals surface area contributed by atoms with Gasteiger partial charge in [-0.3, -0.25) is 9.69 Å². The fourth-order valence-electron chi connectivity index (χ4n) is 2.81. The Morgan fingerprint density at radius 1 is 1.25 bits per heavy atom. The van der Waals surface area contributed by atoms with E-state index in [9.17, 15) is 9.59 Å².